The van der Waals surface area contributed by atoms with Crippen LogP contribution in [-0.4, -0.2) is 30.1 Å². The van der Waals surface area contributed by atoms with E-state index in [1.165, 1.54) is 0 Å². The van der Waals surface area contributed by atoms with Gasteiger partial charge in [-0.05, 0) is 61.7 Å². The van der Waals surface area contributed by atoms with Gasteiger partial charge < -0.3 is 5.32 Å². The van der Waals surface area contributed by atoms with E-state index in [1.807, 2.05) is 37.4 Å². The molecule has 2 N–H and O–H groups in total. The van der Waals surface area contributed by atoms with Crippen LogP contribution < -0.4 is 10.0 Å². The van der Waals surface area contributed by atoms with E-state index in [0.29, 0.717) is 17.7 Å². The molecular formula is C22H26N4O3S. The molecule has 7 nitrogen and oxygen atoms in total. The first kappa shape index (κ1) is 21.7. The summed E-state index contributed by atoms with van der Waals surface area (Å²) in [6.45, 7) is 5.90. The van der Waals surface area contributed by atoms with E-state index in [4.69, 9.17) is 0 Å². The molecule has 0 bridgehead atoms. The molecule has 2 aromatic carbocycles. The lowest BCUT2D eigenvalue weighted by Gasteiger charge is -2.10. The molecule has 0 radical (unpaired) electrons. The molecule has 3 rings (SSSR count). The molecule has 158 valence electrons. The van der Waals surface area contributed by atoms with E-state index in [9.17, 15) is 13.2 Å². The summed E-state index contributed by atoms with van der Waals surface area (Å²) in [7, 11) is -3.36. The number of carbonyl (C=O) groups is 1. The highest BCUT2D eigenvalue weighted by atomic mass is 32.2. The molecule has 1 aromatic heterocycles. The second kappa shape index (κ2) is 9.23. The minimum Gasteiger partial charge on any atom is -0.348 e. The summed E-state index contributed by atoms with van der Waals surface area (Å²) in [5, 5.41) is 7.13. The number of amides is 1. The van der Waals surface area contributed by atoms with Crippen LogP contribution in [0.25, 0.3) is 5.69 Å². The molecule has 0 fully saturated rings. The van der Waals surface area contributed by atoms with Crippen LogP contribution in [-0.2, 0) is 22.3 Å². The molecule has 0 aliphatic rings. The predicted octanol–water partition coefficient (Wildman–Crippen LogP) is 2.94. The van der Waals surface area contributed by atoms with Gasteiger partial charge in [0.15, 0.2) is 0 Å². The van der Waals surface area contributed by atoms with Crippen LogP contribution >= 0.6 is 0 Å². The molecule has 1 amide bonds. The highest BCUT2D eigenvalue weighted by Crippen LogP contribution is 2.11. The first-order chi connectivity index (χ1) is 14.2. The zero-order valence-corrected chi connectivity index (χ0v) is 18.1. The van der Waals surface area contributed by atoms with E-state index in [1.54, 1.807) is 49.0 Å². The minimum absolute atomic E-state index is 0.0695. The van der Waals surface area contributed by atoms with E-state index >= 15 is 0 Å². The molecule has 3 aromatic rings. The van der Waals surface area contributed by atoms with Gasteiger partial charge in [0.2, 0.25) is 10.0 Å². The Morgan fingerprint density at radius 1 is 1.03 bits per heavy atom. The number of nitrogens with zero attached hydrogens (tertiary/aromatic N) is 2. The number of carbonyl (C=O) groups excluding carboxylic acids is 1. The number of sulfonamides is 1. The maximum absolute atomic E-state index is 12.4. The van der Waals surface area contributed by atoms with Gasteiger partial charge in [-0.3, -0.25) is 4.79 Å². The average molecular weight is 427 g/mol. The summed E-state index contributed by atoms with van der Waals surface area (Å²) in [6.07, 6.45) is 3.70. The first-order valence-electron chi connectivity index (χ1n) is 9.69. The van der Waals surface area contributed by atoms with Gasteiger partial charge in [0.1, 0.15) is 0 Å². The maximum Gasteiger partial charge on any atom is 0.251 e. The van der Waals surface area contributed by atoms with Crippen molar-refractivity contribution in [3.8, 4) is 5.69 Å². The monoisotopic (exact) mass is 426 g/mol. The molecule has 0 saturated carbocycles. The Balaban J connectivity index is 1.55. The van der Waals surface area contributed by atoms with Crippen LogP contribution in [0.1, 0.15) is 40.9 Å². The number of hydrogen-bond acceptors (Lipinski definition) is 4. The van der Waals surface area contributed by atoms with Crippen molar-refractivity contribution in [1.29, 1.82) is 0 Å². The van der Waals surface area contributed by atoms with Crippen LogP contribution in [0.3, 0.4) is 0 Å². The lowest BCUT2D eigenvalue weighted by atomic mass is 10.1. The quantitative estimate of drug-likeness (QED) is 0.579. The summed E-state index contributed by atoms with van der Waals surface area (Å²) in [5.41, 5.74) is 4.10. The zero-order valence-electron chi connectivity index (χ0n) is 17.3. The summed E-state index contributed by atoms with van der Waals surface area (Å²) in [6, 6.07) is 14.3. The number of hydrogen-bond donors (Lipinski definition) is 2. The van der Waals surface area contributed by atoms with E-state index in [0.717, 1.165) is 16.8 Å². The van der Waals surface area contributed by atoms with Crippen molar-refractivity contribution in [3.63, 3.8) is 0 Å². The lowest BCUT2D eigenvalue weighted by Crippen LogP contribution is -2.31. The van der Waals surface area contributed by atoms with E-state index < -0.39 is 10.0 Å². The lowest BCUT2D eigenvalue weighted by molar-refractivity contribution is 0.0951. The number of nitrogens with one attached hydrogen (secondary N) is 2. The first-order valence-corrected chi connectivity index (χ1v) is 11.3. The topological polar surface area (TPSA) is 93.1 Å². The van der Waals surface area contributed by atoms with Crippen LogP contribution in [0.15, 0.2) is 60.9 Å². The van der Waals surface area contributed by atoms with Crippen molar-refractivity contribution in [3.05, 3.63) is 83.2 Å². The van der Waals surface area contributed by atoms with Crippen LogP contribution in [0.4, 0.5) is 0 Å². The normalized spacial score (nSPS) is 11.6. The molecular weight excluding hydrogens is 400 g/mol. The molecule has 8 heteroatoms. The Bertz CT molecular complexity index is 1100. The van der Waals surface area contributed by atoms with Gasteiger partial charge in [-0.2, -0.15) is 5.10 Å². The molecule has 0 spiro atoms. The van der Waals surface area contributed by atoms with Gasteiger partial charge in [-0.1, -0.05) is 24.3 Å². The average Bonchev–Trinajstić information content (AvgIpc) is 3.12. The molecule has 0 atom stereocenters. The SMILES string of the molecule is Cc1cnn(-c2ccc(C(=O)NCc3ccc(CS(=O)(=O)NC(C)C)cc3)cc2)c1. The van der Waals surface area contributed by atoms with Crippen LogP contribution in [0.2, 0.25) is 0 Å². The largest absolute Gasteiger partial charge is 0.348 e. The molecule has 0 aliphatic carbocycles. The van der Waals surface area contributed by atoms with E-state index in [2.05, 4.69) is 15.1 Å². The Labute approximate surface area is 177 Å². The fraction of sp³-hybridized carbons (Fsp3) is 0.273. The Hall–Kier alpha value is -2.97. The van der Waals surface area contributed by atoms with Crippen molar-refractivity contribution < 1.29 is 13.2 Å². The standard InChI is InChI=1S/C22H26N4O3S/c1-16(2)25-30(28,29)15-19-6-4-18(5-7-19)13-23-22(27)20-8-10-21(11-9-20)26-14-17(3)12-24-26/h4-12,14,16,25H,13,15H2,1-3H3,(H,23,27). The summed E-state index contributed by atoms with van der Waals surface area (Å²) in [5.74, 6) is -0.245. The van der Waals surface area contributed by atoms with Crippen molar-refractivity contribution in [1.82, 2.24) is 19.8 Å². The van der Waals surface area contributed by atoms with Gasteiger partial charge >= 0.3 is 0 Å². The number of aryl methyl sites for hydroxylation is 1. The van der Waals surface area contributed by atoms with Crippen LogP contribution in [0, 0.1) is 6.92 Å². The highest BCUT2D eigenvalue weighted by molar-refractivity contribution is 7.88. The summed E-state index contributed by atoms with van der Waals surface area (Å²) < 4.78 is 28.3. The minimum atomic E-state index is -3.36. The molecule has 0 unspecified atom stereocenters. The number of benzene rings is 2. The fourth-order valence-electron chi connectivity index (χ4n) is 2.98. The third kappa shape index (κ3) is 6.01. The Morgan fingerprint density at radius 3 is 2.23 bits per heavy atom. The van der Waals surface area contributed by atoms with E-state index in [-0.39, 0.29) is 17.7 Å². The molecule has 0 aliphatic heterocycles. The summed E-state index contributed by atoms with van der Waals surface area (Å²) >= 11 is 0. The smallest absolute Gasteiger partial charge is 0.251 e. The predicted molar refractivity (Wildman–Crippen MR) is 117 cm³/mol. The highest BCUT2D eigenvalue weighted by Gasteiger charge is 2.13. The van der Waals surface area contributed by atoms with Gasteiger partial charge in [0.25, 0.3) is 5.91 Å². The number of aromatic nitrogens is 2. The molecule has 30 heavy (non-hydrogen) atoms. The summed E-state index contributed by atoms with van der Waals surface area (Å²) in [4.78, 5) is 12.4. The third-order valence-corrected chi connectivity index (χ3v) is 5.90. The van der Waals surface area contributed by atoms with Crippen molar-refractivity contribution in [2.45, 2.75) is 39.1 Å². The Kier molecular flexibility index (Phi) is 6.69. The van der Waals surface area contributed by atoms with Gasteiger partial charge in [-0.15, -0.1) is 0 Å². The number of rotatable bonds is 8. The zero-order chi connectivity index (χ0) is 21.7. The van der Waals surface area contributed by atoms with Crippen molar-refractivity contribution in [2.24, 2.45) is 0 Å². The van der Waals surface area contributed by atoms with Crippen molar-refractivity contribution in [2.75, 3.05) is 0 Å². The molecule has 1 heterocycles. The molecule has 0 saturated heterocycles. The maximum atomic E-state index is 12.4. The van der Waals surface area contributed by atoms with Crippen molar-refractivity contribution >= 4 is 15.9 Å². The second-order valence-electron chi connectivity index (χ2n) is 7.54. The van der Waals surface area contributed by atoms with Gasteiger partial charge in [0, 0.05) is 24.3 Å². The fourth-order valence-corrected chi connectivity index (χ4v) is 4.41. The van der Waals surface area contributed by atoms with Gasteiger partial charge in [0.05, 0.1) is 17.6 Å². The third-order valence-electron chi connectivity index (χ3n) is 4.35. The second-order valence-corrected chi connectivity index (χ2v) is 9.29. The van der Waals surface area contributed by atoms with Crippen LogP contribution in [0.5, 0.6) is 0 Å². The van der Waals surface area contributed by atoms with Gasteiger partial charge in [-0.25, -0.2) is 17.8 Å². The Morgan fingerprint density at radius 2 is 1.67 bits per heavy atom.